The highest BCUT2D eigenvalue weighted by atomic mass is 32.1. The second-order valence-electron chi connectivity index (χ2n) is 8.07. The summed E-state index contributed by atoms with van der Waals surface area (Å²) in [6.07, 6.45) is 1.67. The molecule has 7 heteroatoms. The van der Waals surface area contributed by atoms with E-state index in [0.717, 1.165) is 22.4 Å². The molecule has 2 aliphatic heterocycles. The number of carbonyl (C=O) groups excluding carboxylic acids is 1. The topological polar surface area (TPSA) is 79.6 Å². The Kier molecular flexibility index (Phi) is 4.98. The van der Waals surface area contributed by atoms with Crippen molar-refractivity contribution in [2.24, 2.45) is 5.92 Å². The monoisotopic (exact) mass is 434 g/mol. The number of hydrogen-bond acceptors (Lipinski definition) is 4. The highest BCUT2D eigenvalue weighted by Gasteiger charge is 2.32. The zero-order valence-electron chi connectivity index (χ0n) is 16.9. The molecule has 2 aliphatic rings. The molecular weight excluding hydrogens is 412 g/mol. The lowest BCUT2D eigenvalue weighted by molar-refractivity contribution is -0.143. The number of amides is 1. The molecule has 3 aromatic rings. The summed E-state index contributed by atoms with van der Waals surface area (Å²) < 4.78 is 1.75. The molecule has 0 saturated carbocycles. The first kappa shape index (κ1) is 19.8. The first-order valence-electron chi connectivity index (χ1n) is 10.5. The van der Waals surface area contributed by atoms with Crippen LogP contribution in [0.15, 0.2) is 52.6 Å². The van der Waals surface area contributed by atoms with Gasteiger partial charge in [-0.1, -0.05) is 30.3 Å². The molecule has 0 unspecified atom stereocenters. The number of carbonyl (C=O) groups is 2. The van der Waals surface area contributed by atoms with Crippen LogP contribution in [0.5, 0.6) is 0 Å². The summed E-state index contributed by atoms with van der Waals surface area (Å²) in [5, 5.41) is 11.3. The van der Waals surface area contributed by atoms with Crippen LogP contribution >= 0.6 is 11.3 Å². The highest BCUT2D eigenvalue weighted by molar-refractivity contribution is 7.13. The Morgan fingerprint density at radius 1 is 1.03 bits per heavy atom. The smallest absolute Gasteiger partial charge is 0.306 e. The van der Waals surface area contributed by atoms with E-state index in [-0.39, 0.29) is 11.5 Å². The number of benzene rings is 1. The van der Waals surface area contributed by atoms with E-state index in [1.54, 1.807) is 26.9 Å². The zero-order chi connectivity index (χ0) is 21.5. The molecule has 2 aromatic heterocycles. The Hall–Kier alpha value is -3.19. The van der Waals surface area contributed by atoms with Gasteiger partial charge >= 0.3 is 5.97 Å². The van der Waals surface area contributed by atoms with Crippen LogP contribution in [-0.2, 0) is 17.8 Å². The molecule has 0 bridgehead atoms. The van der Waals surface area contributed by atoms with Crippen molar-refractivity contribution < 1.29 is 14.7 Å². The van der Waals surface area contributed by atoms with E-state index in [1.165, 1.54) is 0 Å². The van der Waals surface area contributed by atoms with E-state index < -0.39 is 11.9 Å². The number of aliphatic carboxylic acids is 1. The van der Waals surface area contributed by atoms with Gasteiger partial charge < -0.3 is 14.6 Å². The lowest BCUT2D eigenvalue weighted by atomic mass is 9.94. The standard InChI is InChI=1S/C24H22N2O4S/c27-22(25-10-6-17(7-11-25)24(29)30)19-14-18(15-4-2-1-3-5-15)23(28)26-12-8-16-9-13-31-21(16)20(19)26/h1-5,9,13-14,17H,6-8,10-12H2,(H,29,30). The molecule has 0 atom stereocenters. The fourth-order valence-corrected chi connectivity index (χ4v) is 5.61. The number of piperidine rings is 1. The van der Waals surface area contributed by atoms with E-state index in [9.17, 15) is 19.5 Å². The fourth-order valence-electron chi connectivity index (χ4n) is 4.59. The molecule has 0 radical (unpaired) electrons. The Labute approximate surface area is 183 Å². The van der Waals surface area contributed by atoms with Crippen molar-refractivity contribution in [1.29, 1.82) is 0 Å². The zero-order valence-corrected chi connectivity index (χ0v) is 17.7. The second-order valence-corrected chi connectivity index (χ2v) is 8.99. The van der Waals surface area contributed by atoms with Crippen LogP contribution in [0.1, 0.15) is 28.8 Å². The largest absolute Gasteiger partial charge is 0.481 e. The SMILES string of the molecule is O=C(O)C1CCN(C(=O)c2cc(-c3ccccc3)c(=O)n3c2-c2sccc2CC3)CC1. The molecule has 1 aromatic carbocycles. The average molecular weight is 435 g/mol. The number of rotatable bonds is 3. The summed E-state index contributed by atoms with van der Waals surface area (Å²) in [4.78, 5) is 41.0. The quantitative estimate of drug-likeness (QED) is 0.681. The van der Waals surface area contributed by atoms with Crippen molar-refractivity contribution in [2.45, 2.75) is 25.8 Å². The Morgan fingerprint density at radius 3 is 2.48 bits per heavy atom. The van der Waals surface area contributed by atoms with Gasteiger partial charge in [0, 0.05) is 25.2 Å². The molecule has 5 rings (SSSR count). The number of aryl methyl sites for hydroxylation is 1. The maximum atomic E-state index is 13.6. The number of carboxylic acid groups (broad SMARTS) is 1. The van der Waals surface area contributed by atoms with E-state index in [2.05, 4.69) is 6.07 Å². The van der Waals surface area contributed by atoms with Gasteiger partial charge in [-0.05, 0) is 47.9 Å². The van der Waals surface area contributed by atoms with Gasteiger partial charge in [0.1, 0.15) is 0 Å². The van der Waals surface area contributed by atoms with Crippen LogP contribution in [0.2, 0.25) is 0 Å². The van der Waals surface area contributed by atoms with Gasteiger partial charge in [-0.2, -0.15) is 0 Å². The minimum atomic E-state index is -0.801. The minimum Gasteiger partial charge on any atom is -0.481 e. The fraction of sp³-hybridized carbons (Fsp3) is 0.292. The summed E-state index contributed by atoms with van der Waals surface area (Å²) in [5.74, 6) is -1.34. The summed E-state index contributed by atoms with van der Waals surface area (Å²) in [7, 11) is 0. The molecule has 0 spiro atoms. The molecule has 1 fully saturated rings. The molecule has 158 valence electrons. The van der Waals surface area contributed by atoms with E-state index in [4.69, 9.17) is 0 Å². The molecule has 1 saturated heterocycles. The Bertz CT molecular complexity index is 1220. The Balaban J connectivity index is 1.63. The van der Waals surface area contributed by atoms with Crippen LogP contribution in [0.25, 0.3) is 21.7 Å². The Morgan fingerprint density at radius 2 is 1.77 bits per heavy atom. The highest BCUT2D eigenvalue weighted by Crippen LogP contribution is 2.37. The third-order valence-electron chi connectivity index (χ3n) is 6.30. The average Bonchev–Trinajstić information content (AvgIpc) is 3.29. The van der Waals surface area contributed by atoms with Crippen LogP contribution in [0.4, 0.5) is 0 Å². The summed E-state index contributed by atoms with van der Waals surface area (Å²) in [6, 6.07) is 13.2. The molecule has 1 amide bonds. The van der Waals surface area contributed by atoms with E-state index in [0.29, 0.717) is 49.3 Å². The lowest BCUT2D eigenvalue weighted by Gasteiger charge is -2.32. The van der Waals surface area contributed by atoms with Crippen molar-refractivity contribution in [3.63, 3.8) is 0 Å². The summed E-state index contributed by atoms with van der Waals surface area (Å²) in [5.41, 5.74) is 3.62. The number of nitrogens with zero attached hydrogens (tertiary/aromatic N) is 2. The van der Waals surface area contributed by atoms with Crippen LogP contribution in [-0.4, -0.2) is 39.5 Å². The second kappa shape index (κ2) is 7.81. The minimum absolute atomic E-state index is 0.0821. The van der Waals surface area contributed by atoms with E-state index >= 15 is 0 Å². The third-order valence-corrected chi connectivity index (χ3v) is 7.27. The van der Waals surface area contributed by atoms with Gasteiger partial charge in [0.25, 0.3) is 11.5 Å². The predicted molar refractivity (Wildman–Crippen MR) is 119 cm³/mol. The normalized spacial score (nSPS) is 15.9. The number of hydrogen-bond donors (Lipinski definition) is 1. The van der Waals surface area contributed by atoms with Gasteiger partial charge in [-0.15, -0.1) is 11.3 Å². The number of thiophene rings is 1. The number of carboxylic acids is 1. The first-order valence-corrected chi connectivity index (χ1v) is 11.3. The molecule has 1 N–H and O–H groups in total. The van der Waals surface area contributed by atoms with Crippen molar-refractivity contribution in [3.05, 3.63) is 69.3 Å². The summed E-state index contributed by atoms with van der Waals surface area (Å²) in [6.45, 7) is 1.36. The van der Waals surface area contributed by atoms with Gasteiger partial charge in [0.2, 0.25) is 0 Å². The third kappa shape index (κ3) is 3.39. The first-order chi connectivity index (χ1) is 15.0. The molecular formula is C24H22N2O4S. The molecule has 6 nitrogen and oxygen atoms in total. The van der Waals surface area contributed by atoms with Crippen molar-refractivity contribution in [3.8, 4) is 21.7 Å². The maximum Gasteiger partial charge on any atom is 0.306 e. The maximum absolute atomic E-state index is 13.6. The van der Waals surface area contributed by atoms with Crippen molar-refractivity contribution in [2.75, 3.05) is 13.1 Å². The van der Waals surface area contributed by atoms with Crippen LogP contribution in [0.3, 0.4) is 0 Å². The molecule has 0 aliphatic carbocycles. The van der Waals surface area contributed by atoms with Gasteiger partial charge in [-0.25, -0.2) is 0 Å². The number of aromatic nitrogens is 1. The number of likely N-dealkylation sites (tertiary alicyclic amines) is 1. The molecule has 31 heavy (non-hydrogen) atoms. The van der Waals surface area contributed by atoms with Crippen molar-refractivity contribution in [1.82, 2.24) is 9.47 Å². The molecule has 4 heterocycles. The number of fused-ring (bicyclic) bond motifs is 3. The lowest BCUT2D eigenvalue weighted by Crippen LogP contribution is -2.41. The van der Waals surface area contributed by atoms with Gasteiger partial charge in [0.05, 0.1) is 22.1 Å². The summed E-state index contributed by atoms with van der Waals surface area (Å²) >= 11 is 1.55. The van der Waals surface area contributed by atoms with Crippen molar-refractivity contribution >= 4 is 23.2 Å². The van der Waals surface area contributed by atoms with Crippen LogP contribution < -0.4 is 5.56 Å². The predicted octanol–water partition coefficient (Wildman–Crippen LogP) is 3.74. The van der Waals surface area contributed by atoms with Gasteiger partial charge in [-0.3, -0.25) is 14.4 Å². The van der Waals surface area contributed by atoms with Crippen LogP contribution in [0, 0.1) is 5.92 Å². The van der Waals surface area contributed by atoms with E-state index in [1.807, 2.05) is 35.7 Å². The number of pyridine rings is 1. The van der Waals surface area contributed by atoms with Gasteiger partial charge in [0.15, 0.2) is 0 Å².